The first-order valence-corrected chi connectivity index (χ1v) is 5.72. The van der Waals surface area contributed by atoms with Crippen LogP contribution in [0.3, 0.4) is 0 Å². The Bertz CT molecular complexity index is 427. The molecule has 0 radical (unpaired) electrons. The van der Waals surface area contributed by atoms with E-state index < -0.39 is 12.2 Å². The number of rotatable bonds is 2. The largest absolute Gasteiger partial charge is 0.407 e. The Kier molecular flexibility index (Phi) is 4.22. The molecule has 2 N–H and O–H groups in total. The lowest BCUT2D eigenvalue weighted by atomic mass is 9.83. The molecule has 0 aliphatic rings. The number of nitrogens with two attached hydrogens (primary N) is 1. The number of halogens is 3. The number of benzene rings is 1. The average molecular weight is 257 g/mol. The summed E-state index contributed by atoms with van der Waals surface area (Å²) in [7, 11) is 0. The highest BCUT2D eigenvalue weighted by molar-refractivity contribution is 5.56. The topological polar surface area (TPSA) is 26.0 Å². The lowest BCUT2D eigenvalue weighted by molar-refractivity contribution is -0.136. The van der Waals surface area contributed by atoms with Gasteiger partial charge in [-0.25, -0.2) is 0 Å². The molecule has 0 saturated heterocycles. The summed E-state index contributed by atoms with van der Waals surface area (Å²) in [6.07, 6.45) is -1.96. The Morgan fingerprint density at radius 2 is 1.67 bits per heavy atom. The first-order valence-electron chi connectivity index (χ1n) is 5.72. The van der Waals surface area contributed by atoms with Gasteiger partial charge in [-0.2, -0.15) is 13.2 Å². The van der Waals surface area contributed by atoms with Gasteiger partial charge in [-0.3, -0.25) is 0 Å². The van der Waals surface area contributed by atoms with Gasteiger partial charge in [-0.1, -0.05) is 57.2 Å². The van der Waals surface area contributed by atoms with Gasteiger partial charge in [0.15, 0.2) is 0 Å². The van der Waals surface area contributed by atoms with Crippen LogP contribution >= 0.6 is 0 Å². The van der Waals surface area contributed by atoms with Crippen molar-refractivity contribution < 1.29 is 13.2 Å². The quantitative estimate of drug-likeness (QED) is 0.854. The maximum absolute atomic E-state index is 12.3. The minimum Gasteiger partial charge on any atom is -0.317 e. The summed E-state index contributed by atoms with van der Waals surface area (Å²) in [5.74, 6) is 0. The second-order valence-corrected chi connectivity index (χ2v) is 5.26. The van der Waals surface area contributed by atoms with E-state index >= 15 is 0 Å². The Labute approximate surface area is 105 Å². The van der Waals surface area contributed by atoms with Gasteiger partial charge in [0.05, 0.1) is 0 Å². The van der Waals surface area contributed by atoms with Crippen molar-refractivity contribution in [3.63, 3.8) is 0 Å². The van der Waals surface area contributed by atoms with Gasteiger partial charge < -0.3 is 5.73 Å². The van der Waals surface area contributed by atoms with Crippen LogP contribution in [-0.2, 0) is 5.41 Å². The van der Waals surface area contributed by atoms with E-state index in [9.17, 15) is 13.2 Å². The molecule has 0 bridgehead atoms. The summed E-state index contributed by atoms with van der Waals surface area (Å²) < 4.78 is 36.9. The van der Waals surface area contributed by atoms with E-state index in [0.29, 0.717) is 0 Å². The predicted molar refractivity (Wildman–Crippen MR) is 68.2 cm³/mol. The van der Waals surface area contributed by atoms with Crippen molar-refractivity contribution >= 4 is 6.08 Å². The zero-order chi connectivity index (χ0) is 14.0. The van der Waals surface area contributed by atoms with Gasteiger partial charge in [0, 0.05) is 0 Å². The molecule has 1 atom stereocenters. The molecule has 1 rings (SSSR count). The van der Waals surface area contributed by atoms with E-state index in [0.717, 1.165) is 17.2 Å². The number of hydrogen-bond donors (Lipinski definition) is 1. The third-order valence-corrected chi connectivity index (χ3v) is 2.63. The minimum absolute atomic E-state index is 0.122. The second-order valence-electron chi connectivity index (χ2n) is 5.26. The van der Waals surface area contributed by atoms with Crippen molar-refractivity contribution in [2.24, 2.45) is 5.73 Å². The van der Waals surface area contributed by atoms with Gasteiger partial charge in [0.25, 0.3) is 0 Å². The van der Waals surface area contributed by atoms with Crippen molar-refractivity contribution in [3.8, 4) is 0 Å². The van der Waals surface area contributed by atoms with E-state index in [1.165, 1.54) is 6.08 Å². The average Bonchev–Trinajstić information content (AvgIpc) is 2.23. The standard InChI is InChI=1S/C14H18F3N/c1-13(2,3)11-7-5-4-6-10(11)8-9-12(18)14(15,16)17/h4-9,12H,18H2,1-3H3/t12-/m0/s1. The van der Waals surface area contributed by atoms with Crippen LogP contribution in [0.5, 0.6) is 0 Å². The van der Waals surface area contributed by atoms with Crippen LogP contribution in [0, 0.1) is 0 Å². The van der Waals surface area contributed by atoms with Crippen LogP contribution in [0.2, 0.25) is 0 Å². The fourth-order valence-electron chi connectivity index (χ4n) is 1.64. The second kappa shape index (κ2) is 5.14. The Balaban J connectivity index is 3.02. The highest BCUT2D eigenvalue weighted by atomic mass is 19.4. The molecule has 0 saturated carbocycles. The SMILES string of the molecule is CC(C)(C)c1ccccc1C=C[C@H](N)C(F)(F)F. The highest BCUT2D eigenvalue weighted by Crippen LogP contribution is 2.27. The molecule has 0 fully saturated rings. The van der Waals surface area contributed by atoms with E-state index in [1.807, 2.05) is 32.9 Å². The van der Waals surface area contributed by atoms with E-state index in [-0.39, 0.29) is 5.41 Å². The molecule has 0 heterocycles. The molecular formula is C14H18F3N. The zero-order valence-corrected chi connectivity index (χ0v) is 10.8. The van der Waals surface area contributed by atoms with Crippen LogP contribution in [0.15, 0.2) is 30.3 Å². The molecule has 100 valence electrons. The lowest BCUT2D eigenvalue weighted by Gasteiger charge is -2.21. The van der Waals surface area contributed by atoms with Crippen molar-refractivity contribution in [3.05, 3.63) is 41.5 Å². The van der Waals surface area contributed by atoms with Gasteiger partial charge in [0.1, 0.15) is 6.04 Å². The van der Waals surface area contributed by atoms with Gasteiger partial charge >= 0.3 is 6.18 Å². The Hall–Kier alpha value is -1.29. The monoisotopic (exact) mass is 257 g/mol. The molecule has 0 aliphatic heterocycles. The van der Waals surface area contributed by atoms with Crippen LogP contribution in [0.4, 0.5) is 13.2 Å². The molecule has 0 unspecified atom stereocenters. The Morgan fingerprint density at radius 1 is 1.11 bits per heavy atom. The third kappa shape index (κ3) is 3.88. The molecular weight excluding hydrogens is 239 g/mol. The fraction of sp³-hybridized carbons (Fsp3) is 0.429. The maximum atomic E-state index is 12.3. The Morgan fingerprint density at radius 3 is 2.17 bits per heavy atom. The van der Waals surface area contributed by atoms with Crippen LogP contribution in [0.1, 0.15) is 31.9 Å². The molecule has 0 aliphatic carbocycles. The van der Waals surface area contributed by atoms with Gasteiger partial charge in [-0.15, -0.1) is 0 Å². The smallest absolute Gasteiger partial charge is 0.317 e. The molecule has 4 heteroatoms. The van der Waals surface area contributed by atoms with Gasteiger partial charge in [0.2, 0.25) is 0 Å². The lowest BCUT2D eigenvalue weighted by Crippen LogP contribution is -2.35. The van der Waals surface area contributed by atoms with Crippen molar-refractivity contribution in [1.29, 1.82) is 0 Å². The van der Waals surface area contributed by atoms with Crippen molar-refractivity contribution in [2.45, 2.75) is 38.4 Å². The van der Waals surface area contributed by atoms with Gasteiger partial charge in [-0.05, 0) is 16.5 Å². The summed E-state index contributed by atoms with van der Waals surface area (Å²) in [4.78, 5) is 0. The molecule has 1 aromatic carbocycles. The molecule has 1 nitrogen and oxygen atoms in total. The highest BCUT2D eigenvalue weighted by Gasteiger charge is 2.34. The third-order valence-electron chi connectivity index (χ3n) is 2.63. The number of hydrogen-bond acceptors (Lipinski definition) is 1. The first kappa shape index (κ1) is 14.8. The zero-order valence-electron chi connectivity index (χ0n) is 10.8. The van der Waals surface area contributed by atoms with E-state index in [1.54, 1.807) is 12.1 Å². The summed E-state index contributed by atoms with van der Waals surface area (Å²) in [6.45, 7) is 6.05. The summed E-state index contributed by atoms with van der Waals surface area (Å²) in [6, 6.07) is 5.46. The maximum Gasteiger partial charge on any atom is 0.407 e. The van der Waals surface area contributed by atoms with Crippen LogP contribution in [0.25, 0.3) is 6.08 Å². The molecule has 0 aromatic heterocycles. The van der Waals surface area contributed by atoms with E-state index in [4.69, 9.17) is 5.73 Å². The summed E-state index contributed by atoms with van der Waals surface area (Å²) in [5, 5.41) is 0. The van der Waals surface area contributed by atoms with E-state index in [2.05, 4.69) is 0 Å². The van der Waals surface area contributed by atoms with Crippen LogP contribution < -0.4 is 5.73 Å². The number of alkyl halides is 3. The molecule has 0 amide bonds. The first-order chi connectivity index (χ1) is 8.12. The molecule has 0 spiro atoms. The summed E-state index contributed by atoms with van der Waals surface area (Å²) in [5.41, 5.74) is 6.69. The van der Waals surface area contributed by atoms with Crippen LogP contribution in [-0.4, -0.2) is 12.2 Å². The summed E-state index contributed by atoms with van der Waals surface area (Å²) >= 11 is 0. The fourth-order valence-corrected chi connectivity index (χ4v) is 1.64. The van der Waals surface area contributed by atoms with Crippen molar-refractivity contribution in [1.82, 2.24) is 0 Å². The molecule has 1 aromatic rings. The minimum atomic E-state index is -4.40. The normalized spacial score (nSPS) is 15.1. The van der Waals surface area contributed by atoms with Crippen molar-refractivity contribution in [2.75, 3.05) is 0 Å². The predicted octanol–water partition coefficient (Wildman–Crippen LogP) is 3.89. The molecule has 18 heavy (non-hydrogen) atoms.